The molecule has 5 heteroatoms. The Morgan fingerprint density at radius 1 is 1.08 bits per heavy atom. The summed E-state index contributed by atoms with van der Waals surface area (Å²) in [7, 11) is 0. The van der Waals surface area contributed by atoms with Crippen LogP contribution in [0.15, 0.2) is 70.7 Å². The van der Waals surface area contributed by atoms with Crippen LogP contribution in [0.1, 0.15) is 12.0 Å². The van der Waals surface area contributed by atoms with Crippen molar-refractivity contribution in [3.63, 3.8) is 0 Å². The van der Waals surface area contributed by atoms with Gasteiger partial charge in [-0.05, 0) is 29.7 Å². The second-order valence-corrected chi connectivity index (χ2v) is 6.60. The molecule has 4 nitrogen and oxygen atoms in total. The van der Waals surface area contributed by atoms with Gasteiger partial charge in [-0.15, -0.1) is 0 Å². The van der Waals surface area contributed by atoms with E-state index >= 15 is 0 Å². The number of halogens is 1. The molecule has 2 aliphatic heterocycles. The highest BCUT2D eigenvalue weighted by atomic mass is 35.5. The number of urea groups is 1. The van der Waals surface area contributed by atoms with Gasteiger partial charge in [0.25, 0.3) is 0 Å². The molecular formula is C20H18ClN3O. The largest absolute Gasteiger partial charge is 0.322 e. The van der Waals surface area contributed by atoms with Crippen LogP contribution >= 0.6 is 11.6 Å². The van der Waals surface area contributed by atoms with Crippen LogP contribution in [0.4, 0.5) is 10.5 Å². The van der Waals surface area contributed by atoms with Crippen molar-refractivity contribution >= 4 is 29.0 Å². The first-order chi connectivity index (χ1) is 12.2. The number of amides is 2. The lowest BCUT2D eigenvalue weighted by molar-refractivity contribution is 0.215. The van der Waals surface area contributed by atoms with Crippen LogP contribution < -0.4 is 5.32 Å². The molecule has 0 spiro atoms. The zero-order valence-electron chi connectivity index (χ0n) is 13.7. The second-order valence-electron chi connectivity index (χ2n) is 6.19. The van der Waals surface area contributed by atoms with Crippen molar-refractivity contribution in [1.82, 2.24) is 4.90 Å². The molecule has 25 heavy (non-hydrogen) atoms. The molecule has 0 fully saturated rings. The Morgan fingerprint density at radius 2 is 1.84 bits per heavy atom. The fourth-order valence-electron chi connectivity index (χ4n) is 3.28. The van der Waals surface area contributed by atoms with Crippen LogP contribution in [0, 0.1) is 0 Å². The molecule has 126 valence electrons. The number of nitrogens with one attached hydrogen (secondary N) is 1. The maximum Gasteiger partial charge on any atom is 0.322 e. The molecule has 4 rings (SSSR count). The van der Waals surface area contributed by atoms with Crippen LogP contribution in [0.2, 0.25) is 5.02 Å². The van der Waals surface area contributed by atoms with Gasteiger partial charge >= 0.3 is 6.03 Å². The van der Waals surface area contributed by atoms with Crippen molar-refractivity contribution in [2.75, 3.05) is 25.0 Å². The van der Waals surface area contributed by atoms with Crippen molar-refractivity contribution in [3.8, 4) is 0 Å². The number of aliphatic imine (C=N–C) groups is 1. The van der Waals surface area contributed by atoms with Crippen LogP contribution in [0.3, 0.4) is 0 Å². The van der Waals surface area contributed by atoms with E-state index in [9.17, 15) is 4.79 Å². The predicted molar refractivity (Wildman–Crippen MR) is 102 cm³/mol. The lowest BCUT2D eigenvalue weighted by Crippen LogP contribution is -2.40. The lowest BCUT2D eigenvalue weighted by atomic mass is 9.95. The second kappa shape index (κ2) is 6.73. The lowest BCUT2D eigenvalue weighted by Gasteiger charge is -2.29. The number of hydrogen-bond donors (Lipinski definition) is 1. The Labute approximate surface area is 151 Å². The monoisotopic (exact) mass is 351 g/mol. The Morgan fingerprint density at radius 3 is 2.64 bits per heavy atom. The maximum absolute atomic E-state index is 12.6. The van der Waals surface area contributed by atoms with Crippen LogP contribution in [-0.4, -0.2) is 36.3 Å². The van der Waals surface area contributed by atoms with Gasteiger partial charge in [-0.2, -0.15) is 0 Å². The third kappa shape index (κ3) is 3.17. The van der Waals surface area contributed by atoms with Gasteiger partial charge in [-0.3, -0.25) is 4.99 Å². The number of carbonyl (C=O) groups excluding carboxylic acids is 1. The minimum Gasteiger partial charge on any atom is -0.320 e. The Kier molecular flexibility index (Phi) is 4.28. The standard InChI is InChI=1S/C20H18ClN3O/c21-17-8-4-5-9-18(17)23-20(25)24-11-10-15-12-22-19(16(15)13-24)14-6-2-1-3-7-14/h1-9H,10-13H2,(H,23,25). The number of carbonyl (C=O) groups is 1. The molecule has 0 aliphatic carbocycles. The van der Waals surface area contributed by atoms with Gasteiger partial charge in [0.05, 0.1) is 23.0 Å². The fourth-order valence-corrected chi connectivity index (χ4v) is 3.46. The van der Waals surface area contributed by atoms with E-state index in [1.165, 1.54) is 11.1 Å². The average molecular weight is 352 g/mol. The highest BCUT2D eigenvalue weighted by molar-refractivity contribution is 6.33. The summed E-state index contributed by atoms with van der Waals surface area (Å²) in [6.45, 7) is 2.03. The number of nitrogens with zero attached hydrogens (tertiary/aromatic N) is 2. The fraction of sp³-hybridized carbons (Fsp3) is 0.200. The summed E-state index contributed by atoms with van der Waals surface area (Å²) >= 11 is 6.14. The third-order valence-electron chi connectivity index (χ3n) is 4.62. The van der Waals surface area contributed by atoms with Crippen molar-refractivity contribution < 1.29 is 4.79 Å². The third-order valence-corrected chi connectivity index (χ3v) is 4.95. The van der Waals surface area contributed by atoms with Gasteiger partial charge < -0.3 is 10.2 Å². The summed E-state index contributed by atoms with van der Waals surface area (Å²) in [4.78, 5) is 19.2. The van der Waals surface area contributed by atoms with Crippen LogP contribution in [0.5, 0.6) is 0 Å². The molecule has 1 N–H and O–H groups in total. The van der Waals surface area contributed by atoms with Crippen molar-refractivity contribution in [3.05, 3.63) is 76.3 Å². The molecule has 0 saturated heterocycles. The highest BCUT2D eigenvalue weighted by Gasteiger charge is 2.29. The molecule has 0 atom stereocenters. The summed E-state index contributed by atoms with van der Waals surface area (Å²) in [5, 5.41) is 3.45. The van der Waals surface area contributed by atoms with E-state index in [0.717, 1.165) is 24.2 Å². The zero-order valence-corrected chi connectivity index (χ0v) is 14.5. The smallest absolute Gasteiger partial charge is 0.320 e. The quantitative estimate of drug-likeness (QED) is 0.857. The average Bonchev–Trinajstić information content (AvgIpc) is 3.07. The first-order valence-electron chi connectivity index (χ1n) is 8.34. The van der Waals surface area contributed by atoms with E-state index in [4.69, 9.17) is 16.6 Å². The molecule has 0 aromatic heterocycles. The molecular weight excluding hydrogens is 334 g/mol. The Hall–Kier alpha value is -2.59. The van der Waals surface area contributed by atoms with E-state index in [2.05, 4.69) is 17.4 Å². The normalized spacial score (nSPS) is 16.5. The van der Waals surface area contributed by atoms with E-state index in [1.54, 1.807) is 12.1 Å². The Bertz CT molecular complexity index is 874. The van der Waals surface area contributed by atoms with E-state index in [-0.39, 0.29) is 6.03 Å². The number of rotatable bonds is 2. The molecule has 0 unspecified atom stereocenters. The van der Waals surface area contributed by atoms with Gasteiger partial charge in [0.15, 0.2) is 0 Å². The first kappa shape index (κ1) is 15.9. The predicted octanol–water partition coefficient (Wildman–Crippen LogP) is 4.38. The molecule has 2 heterocycles. The molecule has 2 aromatic carbocycles. The van der Waals surface area contributed by atoms with Crippen molar-refractivity contribution in [1.29, 1.82) is 0 Å². The number of para-hydroxylation sites is 1. The molecule has 2 aromatic rings. The summed E-state index contributed by atoms with van der Waals surface area (Å²) in [6.07, 6.45) is 0.866. The van der Waals surface area contributed by atoms with Gasteiger partial charge in [-0.25, -0.2) is 4.79 Å². The SMILES string of the molecule is O=C(Nc1ccccc1Cl)N1CCC2=C(C1)C(c1ccccc1)=NC2. The molecule has 2 aliphatic rings. The summed E-state index contributed by atoms with van der Waals surface area (Å²) in [5.41, 5.74) is 5.30. The summed E-state index contributed by atoms with van der Waals surface area (Å²) < 4.78 is 0. The molecule has 2 amide bonds. The van der Waals surface area contributed by atoms with Crippen LogP contribution in [-0.2, 0) is 0 Å². The van der Waals surface area contributed by atoms with Gasteiger partial charge in [0, 0.05) is 18.7 Å². The van der Waals surface area contributed by atoms with E-state index in [0.29, 0.717) is 23.8 Å². The van der Waals surface area contributed by atoms with Gasteiger partial charge in [-0.1, -0.05) is 54.1 Å². The summed E-state index contributed by atoms with van der Waals surface area (Å²) in [5.74, 6) is 0. The number of hydrogen-bond acceptors (Lipinski definition) is 2. The zero-order chi connectivity index (χ0) is 17.2. The van der Waals surface area contributed by atoms with E-state index < -0.39 is 0 Å². The van der Waals surface area contributed by atoms with Gasteiger partial charge in [0.1, 0.15) is 0 Å². The Balaban J connectivity index is 1.51. The minimum atomic E-state index is -0.126. The van der Waals surface area contributed by atoms with Crippen molar-refractivity contribution in [2.24, 2.45) is 4.99 Å². The maximum atomic E-state index is 12.6. The van der Waals surface area contributed by atoms with Crippen LogP contribution in [0.25, 0.3) is 0 Å². The number of anilines is 1. The molecule has 0 radical (unpaired) electrons. The minimum absolute atomic E-state index is 0.126. The number of benzene rings is 2. The molecule has 0 bridgehead atoms. The van der Waals surface area contributed by atoms with Crippen molar-refractivity contribution in [2.45, 2.75) is 6.42 Å². The molecule has 0 saturated carbocycles. The first-order valence-corrected chi connectivity index (χ1v) is 8.72. The topological polar surface area (TPSA) is 44.7 Å². The summed E-state index contributed by atoms with van der Waals surface area (Å²) in [6, 6.07) is 17.3. The van der Waals surface area contributed by atoms with Gasteiger partial charge in [0.2, 0.25) is 0 Å². The highest BCUT2D eigenvalue weighted by Crippen LogP contribution is 2.28. The van der Waals surface area contributed by atoms with E-state index in [1.807, 2.05) is 35.2 Å².